The predicted octanol–water partition coefficient (Wildman–Crippen LogP) is 1.82. The molecule has 0 bridgehead atoms. The van der Waals surface area contributed by atoms with Gasteiger partial charge in [0.1, 0.15) is 5.75 Å². The van der Waals surface area contributed by atoms with E-state index in [1.165, 1.54) is 39.4 Å². The second-order valence-corrected chi connectivity index (χ2v) is 8.28. The molecule has 1 amide bonds. The molecule has 0 unspecified atom stereocenters. The van der Waals surface area contributed by atoms with E-state index in [0.717, 1.165) is 17.1 Å². The van der Waals surface area contributed by atoms with Crippen LogP contribution in [0, 0.1) is 5.92 Å². The largest absolute Gasteiger partial charge is 0.496 e. The van der Waals surface area contributed by atoms with Crippen LogP contribution >= 0.6 is 0 Å². The van der Waals surface area contributed by atoms with Gasteiger partial charge < -0.3 is 9.64 Å². The summed E-state index contributed by atoms with van der Waals surface area (Å²) in [6.07, 6.45) is 1.92. The van der Waals surface area contributed by atoms with Crippen molar-refractivity contribution in [3.63, 3.8) is 0 Å². The molecular weight excluding hydrogens is 316 g/mol. The average molecular weight is 340 g/mol. The molecule has 0 saturated carbocycles. The molecule has 1 saturated heterocycles. The first-order chi connectivity index (χ1) is 10.8. The van der Waals surface area contributed by atoms with Crippen LogP contribution in [0.15, 0.2) is 23.1 Å². The monoisotopic (exact) mass is 340 g/mol. The molecule has 1 aromatic carbocycles. The number of piperidine rings is 1. The summed E-state index contributed by atoms with van der Waals surface area (Å²) in [4.78, 5) is 14.6. The van der Waals surface area contributed by atoms with Crippen LogP contribution in [0.25, 0.3) is 0 Å². The van der Waals surface area contributed by atoms with Gasteiger partial charge in [-0.05, 0) is 37.0 Å². The fourth-order valence-electron chi connectivity index (χ4n) is 2.61. The van der Waals surface area contributed by atoms with Crippen LogP contribution in [0.2, 0.25) is 0 Å². The lowest BCUT2D eigenvalue weighted by atomic mass is 9.98. The third-order valence-electron chi connectivity index (χ3n) is 4.25. The van der Waals surface area contributed by atoms with E-state index >= 15 is 0 Å². The van der Waals surface area contributed by atoms with E-state index < -0.39 is 10.0 Å². The highest BCUT2D eigenvalue weighted by Gasteiger charge is 2.26. The van der Waals surface area contributed by atoms with E-state index in [-0.39, 0.29) is 10.8 Å². The van der Waals surface area contributed by atoms with Gasteiger partial charge in [-0.2, -0.15) is 0 Å². The lowest BCUT2D eigenvalue weighted by Crippen LogP contribution is -2.38. The molecule has 23 heavy (non-hydrogen) atoms. The zero-order chi connectivity index (χ0) is 17.2. The summed E-state index contributed by atoms with van der Waals surface area (Å²) >= 11 is 0. The Morgan fingerprint density at radius 3 is 2.39 bits per heavy atom. The average Bonchev–Trinajstić information content (AvgIpc) is 2.54. The minimum atomic E-state index is -3.59. The van der Waals surface area contributed by atoms with Crippen LogP contribution in [0.4, 0.5) is 0 Å². The first kappa shape index (κ1) is 17.7. The maximum Gasteiger partial charge on any atom is 0.257 e. The number of carbonyl (C=O) groups is 1. The Morgan fingerprint density at radius 1 is 1.26 bits per heavy atom. The zero-order valence-corrected chi connectivity index (χ0v) is 14.9. The van der Waals surface area contributed by atoms with Crippen LogP contribution in [-0.2, 0) is 10.0 Å². The highest BCUT2D eigenvalue weighted by atomic mass is 32.2. The molecule has 0 aromatic heterocycles. The fourth-order valence-corrected chi connectivity index (χ4v) is 3.54. The van der Waals surface area contributed by atoms with Crippen molar-refractivity contribution in [2.24, 2.45) is 5.92 Å². The van der Waals surface area contributed by atoms with Crippen molar-refractivity contribution in [3.05, 3.63) is 23.8 Å². The molecule has 1 fully saturated rings. The number of amides is 1. The molecule has 128 valence electrons. The maximum atomic E-state index is 12.8. The summed E-state index contributed by atoms with van der Waals surface area (Å²) < 4.78 is 31.0. The van der Waals surface area contributed by atoms with Crippen molar-refractivity contribution in [2.45, 2.75) is 24.7 Å². The smallest absolute Gasteiger partial charge is 0.257 e. The third-order valence-corrected chi connectivity index (χ3v) is 6.06. The Hall–Kier alpha value is -1.60. The van der Waals surface area contributed by atoms with E-state index in [2.05, 4.69) is 6.92 Å². The number of rotatable bonds is 4. The normalized spacial score (nSPS) is 16.7. The number of methoxy groups -OCH3 is 1. The number of ether oxygens (including phenoxy) is 1. The van der Waals surface area contributed by atoms with Gasteiger partial charge in [0.2, 0.25) is 10.0 Å². The lowest BCUT2D eigenvalue weighted by Gasteiger charge is -2.30. The van der Waals surface area contributed by atoms with Gasteiger partial charge in [-0.3, -0.25) is 4.79 Å². The van der Waals surface area contributed by atoms with Gasteiger partial charge in [-0.25, -0.2) is 12.7 Å². The predicted molar refractivity (Wildman–Crippen MR) is 88.2 cm³/mol. The van der Waals surface area contributed by atoms with Gasteiger partial charge in [0.25, 0.3) is 5.91 Å². The van der Waals surface area contributed by atoms with Gasteiger partial charge in [-0.1, -0.05) is 6.92 Å². The summed E-state index contributed by atoms with van der Waals surface area (Å²) in [6, 6.07) is 4.41. The van der Waals surface area contributed by atoms with Crippen molar-refractivity contribution in [3.8, 4) is 5.75 Å². The third kappa shape index (κ3) is 3.67. The van der Waals surface area contributed by atoms with Crippen LogP contribution in [0.1, 0.15) is 30.1 Å². The first-order valence-corrected chi connectivity index (χ1v) is 9.11. The van der Waals surface area contributed by atoms with Crippen molar-refractivity contribution in [1.29, 1.82) is 0 Å². The maximum absolute atomic E-state index is 12.8. The lowest BCUT2D eigenvalue weighted by molar-refractivity contribution is 0.0693. The van der Waals surface area contributed by atoms with Gasteiger partial charge >= 0.3 is 0 Å². The minimum Gasteiger partial charge on any atom is -0.496 e. The van der Waals surface area contributed by atoms with Gasteiger partial charge in [-0.15, -0.1) is 0 Å². The molecule has 0 N–H and O–H groups in total. The molecule has 1 aliphatic heterocycles. The summed E-state index contributed by atoms with van der Waals surface area (Å²) in [5.74, 6) is 0.831. The zero-order valence-electron chi connectivity index (χ0n) is 14.1. The van der Waals surface area contributed by atoms with Crippen molar-refractivity contribution in [1.82, 2.24) is 9.21 Å². The van der Waals surface area contributed by atoms with Gasteiger partial charge in [0.15, 0.2) is 0 Å². The van der Waals surface area contributed by atoms with E-state index in [0.29, 0.717) is 30.3 Å². The van der Waals surface area contributed by atoms with Gasteiger partial charge in [0, 0.05) is 27.2 Å². The second-order valence-electron chi connectivity index (χ2n) is 6.12. The quantitative estimate of drug-likeness (QED) is 0.838. The number of likely N-dealkylation sites (tertiary alicyclic amines) is 1. The molecule has 0 aliphatic carbocycles. The van der Waals surface area contributed by atoms with Crippen LogP contribution in [0.3, 0.4) is 0 Å². The van der Waals surface area contributed by atoms with Crippen LogP contribution < -0.4 is 4.74 Å². The standard InChI is InChI=1S/C16H24N2O4S/c1-12-7-9-18(10-8-12)16(19)14-11-13(5-6-15(14)22-4)23(20,21)17(2)3/h5-6,11-12H,7-10H2,1-4H3. The Balaban J connectivity index is 2.38. The second kappa shape index (κ2) is 6.88. The number of carbonyl (C=O) groups excluding carboxylic acids is 1. The van der Waals surface area contributed by atoms with Crippen molar-refractivity contribution < 1.29 is 17.9 Å². The van der Waals surface area contributed by atoms with E-state index in [1.807, 2.05) is 0 Å². The molecule has 1 aromatic rings. The van der Waals surface area contributed by atoms with E-state index in [1.54, 1.807) is 4.90 Å². The first-order valence-electron chi connectivity index (χ1n) is 7.67. The molecular formula is C16H24N2O4S. The Bertz CT molecular complexity index is 677. The minimum absolute atomic E-state index is 0.0945. The number of hydrogen-bond donors (Lipinski definition) is 0. The summed E-state index contributed by atoms with van der Waals surface area (Å²) in [7, 11) is 0.817. The SMILES string of the molecule is COc1ccc(S(=O)(=O)N(C)C)cc1C(=O)N1CCC(C)CC1. The fraction of sp³-hybridized carbons (Fsp3) is 0.562. The molecule has 2 rings (SSSR count). The summed E-state index contributed by atoms with van der Waals surface area (Å²) in [5.41, 5.74) is 0.296. The molecule has 0 radical (unpaired) electrons. The van der Waals surface area contributed by atoms with E-state index in [9.17, 15) is 13.2 Å². The highest BCUT2D eigenvalue weighted by molar-refractivity contribution is 7.89. The molecule has 6 nitrogen and oxygen atoms in total. The van der Waals surface area contributed by atoms with Crippen molar-refractivity contribution >= 4 is 15.9 Å². The van der Waals surface area contributed by atoms with Crippen molar-refractivity contribution in [2.75, 3.05) is 34.3 Å². The summed E-state index contributed by atoms with van der Waals surface area (Å²) in [5, 5.41) is 0. The molecule has 1 heterocycles. The van der Waals surface area contributed by atoms with Crippen LogP contribution in [-0.4, -0.2) is 57.8 Å². The molecule has 1 aliphatic rings. The molecule has 0 spiro atoms. The number of hydrogen-bond acceptors (Lipinski definition) is 4. The Morgan fingerprint density at radius 2 is 1.87 bits per heavy atom. The highest BCUT2D eigenvalue weighted by Crippen LogP contribution is 2.27. The Kier molecular flexibility index (Phi) is 5.31. The van der Waals surface area contributed by atoms with E-state index in [4.69, 9.17) is 4.74 Å². The number of sulfonamides is 1. The van der Waals surface area contributed by atoms with Crippen LogP contribution in [0.5, 0.6) is 5.75 Å². The Labute approximate surface area is 138 Å². The summed E-state index contributed by atoms with van der Waals surface area (Å²) in [6.45, 7) is 3.55. The number of benzene rings is 1. The topological polar surface area (TPSA) is 66.9 Å². The van der Waals surface area contributed by atoms with Gasteiger partial charge in [0.05, 0.1) is 17.6 Å². The molecule has 0 atom stereocenters. The number of nitrogens with zero attached hydrogens (tertiary/aromatic N) is 2. The molecule has 7 heteroatoms.